The van der Waals surface area contributed by atoms with E-state index in [9.17, 15) is 5.11 Å². The fourth-order valence-electron chi connectivity index (χ4n) is 1.53. The Morgan fingerprint density at radius 1 is 1.25 bits per heavy atom. The van der Waals surface area contributed by atoms with E-state index in [0.717, 1.165) is 25.8 Å². The van der Waals surface area contributed by atoms with Crippen molar-refractivity contribution in [2.24, 2.45) is 0 Å². The summed E-state index contributed by atoms with van der Waals surface area (Å²) in [4.78, 5) is 2.26. The highest BCUT2D eigenvalue weighted by molar-refractivity contribution is 4.82. The molecule has 1 unspecified atom stereocenters. The number of hydrogen-bond donors (Lipinski definition) is 1. The Kier molecular flexibility index (Phi) is 5.51. The fraction of sp³-hybridized carbons (Fsp3) is 1.00. The Balaban J connectivity index is 4.08. The Morgan fingerprint density at radius 3 is 2.17 bits per heavy atom. The van der Waals surface area contributed by atoms with Crippen LogP contribution < -0.4 is 0 Å². The number of rotatable bonds is 6. The molecule has 2 nitrogen and oxygen atoms in total. The van der Waals surface area contributed by atoms with Crippen molar-refractivity contribution < 1.29 is 5.11 Å². The van der Waals surface area contributed by atoms with Crippen LogP contribution in [-0.2, 0) is 0 Å². The molecule has 0 radical (unpaired) electrons. The predicted octanol–water partition coefficient (Wildman–Crippen LogP) is 1.88. The molecule has 0 spiro atoms. The molecule has 0 aliphatic rings. The minimum Gasteiger partial charge on any atom is -0.394 e. The highest BCUT2D eigenvalue weighted by Crippen LogP contribution is 2.18. The van der Waals surface area contributed by atoms with Gasteiger partial charge in [0, 0.05) is 5.54 Å². The molecule has 12 heavy (non-hydrogen) atoms. The molecule has 2 heteroatoms. The minimum atomic E-state index is -0.00917. The third-order valence-electron chi connectivity index (χ3n) is 2.61. The Bertz CT molecular complexity index is 116. The van der Waals surface area contributed by atoms with Gasteiger partial charge in [-0.1, -0.05) is 20.3 Å². The zero-order chi connectivity index (χ0) is 9.61. The smallest absolute Gasteiger partial charge is 0.0612 e. The lowest BCUT2D eigenvalue weighted by Gasteiger charge is -2.37. The first-order valence-corrected chi connectivity index (χ1v) is 4.92. The number of aliphatic hydroxyl groups excluding tert-OH is 1. The highest BCUT2D eigenvalue weighted by Gasteiger charge is 2.26. The van der Waals surface area contributed by atoms with Crippen LogP contribution in [0.3, 0.4) is 0 Å². The third kappa shape index (κ3) is 3.11. The van der Waals surface area contributed by atoms with Crippen molar-refractivity contribution in [3.63, 3.8) is 0 Å². The van der Waals surface area contributed by atoms with E-state index in [-0.39, 0.29) is 12.1 Å². The Morgan fingerprint density at radius 2 is 1.83 bits per heavy atom. The van der Waals surface area contributed by atoms with Gasteiger partial charge in [-0.25, -0.2) is 0 Å². The number of hydrogen-bond acceptors (Lipinski definition) is 2. The first-order valence-electron chi connectivity index (χ1n) is 4.92. The minimum absolute atomic E-state index is 0.00917. The molecule has 0 bridgehead atoms. The molecule has 0 rings (SSSR count). The van der Waals surface area contributed by atoms with Crippen molar-refractivity contribution in [1.82, 2.24) is 4.90 Å². The molecule has 0 aromatic heterocycles. The molecular weight excluding hydrogens is 150 g/mol. The van der Waals surface area contributed by atoms with Gasteiger partial charge in [-0.15, -0.1) is 0 Å². The quantitative estimate of drug-likeness (QED) is 0.663. The molecule has 0 aromatic rings. The van der Waals surface area contributed by atoms with Crippen LogP contribution in [0.1, 0.15) is 40.0 Å². The molecule has 0 aliphatic carbocycles. The van der Waals surface area contributed by atoms with Gasteiger partial charge in [0.05, 0.1) is 6.61 Å². The molecule has 0 saturated carbocycles. The van der Waals surface area contributed by atoms with Crippen LogP contribution in [0.15, 0.2) is 0 Å². The summed E-state index contributed by atoms with van der Waals surface area (Å²) in [5.74, 6) is 0. The monoisotopic (exact) mass is 173 g/mol. The predicted molar refractivity (Wildman–Crippen MR) is 53.3 cm³/mol. The fourth-order valence-corrected chi connectivity index (χ4v) is 1.53. The second-order valence-corrected chi connectivity index (χ2v) is 3.83. The van der Waals surface area contributed by atoms with Gasteiger partial charge in [0.15, 0.2) is 0 Å². The van der Waals surface area contributed by atoms with Crippen LogP contribution in [0.25, 0.3) is 0 Å². The van der Waals surface area contributed by atoms with Gasteiger partial charge in [-0.05, 0) is 33.4 Å². The maximum Gasteiger partial charge on any atom is 0.0612 e. The second kappa shape index (κ2) is 5.55. The van der Waals surface area contributed by atoms with Gasteiger partial charge in [0.1, 0.15) is 0 Å². The summed E-state index contributed by atoms with van der Waals surface area (Å²) in [6.45, 7) is 7.79. The van der Waals surface area contributed by atoms with E-state index in [4.69, 9.17) is 0 Å². The van der Waals surface area contributed by atoms with Crippen LogP contribution in [-0.4, -0.2) is 35.7 Å². The van der Waals surface area contributed by atoms with Crippen LogP contribution >= 0.6 is 0 Å². The average Bonchev–Trinajstić information content (AvgIpc) is 2.05. The maximum absolute atomic E-state index is 9.27. The largest absolute Gasteiger partial charge is 0.394 e. The normalized spacial score (nSPS) is 16.5. The van der Waals surface area contributed by atoms with Gasteiger partial charge in [-0.3, -0.25) is 4.90 Å². The second-order valence-electron chi connectivity index (χ2n) is 3.83. The van der Waals surface area contributed by atoms with E-state index in [2.05, 4.69) is 32.7 Å². The molecule has 1 atom stereocenters. The van der Waals surface area contributed by atoms with Gasteiger partial charge in [-0.2, -0.15) is 0 Å². The average molecular weight is 173 g/mol. The molecule has 74 valence electrons. The van der Waals surface area contributed by atoms with Gasteiger partial charge < -0.3 is 5.11 Å². The summed E-state index contributed by atoms with van der Waals surface area (Å²) >= 11 is 0. The van der Waals surface area contributed by atoms with Crippen LogP contribution in [0, 0.1) is 0 Å². The zero-order valence-electron chi connectivity index (χ0n) is 8.93. The van der Waals surface area contributed by atoms with Crippen molar-refractivity contribution in [3.05, 3.63) is 0 Å². The van der Waals surface area contributed by atoms with Crippen LogP contribution in [0.2, 0.25) is 0 Å². The summed E-state index contributed by atoms with van der Waals surface area (Å²) in [5.41, 5.74) is -0.00917. The molecule has 0 amide bonds. The molecular formula is C10H23NO. The number of aliphatic hydroxyl groups is 1. The molecule has 0 saturated heterocycles. The van der Waals surface area contributed by atoms with Gasteiger partial charge >= 0.3 is 0 Å². The lowest BCUT2D eigenvalue weighted by atomic mass is 9.95. The van der Waals surface area contributed by atoms with Crippen molar-refractivity contribution in [2.75, 3.05) is 20.2 Å². The lowest BCUT2D eigenvalue weighted by molar-refractivity contribution is 0.0560. The highest BCUT2D eigenvalue weighted by atomic mass is 16.3. The lowest BCUT2D eigenvalue weighted by Crippen LogP contribution is -2.47. The first-order chi connectivity index (χ1) is 5.60. The summed E-state index contributed by atoms with van der Waals surface area (Å²) in [6, 6.07) is 0. The molecule has 0 aliphatic heterocycles. The van der Waals surface area contributed by atoms with E-state index in [1.54, 1.807) is 0 Å². The van der Waals surface area contributed by atoms with Gasteiger partial charge in [0.2, 0.25) is 0 Å². The standard InChI is InChI=1S/C10H23NO/c1-5-7-10(3,9-12)11(4)8-6-2/h12H,5-9H2,1-4H3. The van der Waals surface area contributed by atoms with E-state index in [0.29, 0.717) is 0 Å². The van der Waals surface area contributed by atoms with E-state index in [1.807, 2.05) is 0 Å². The summed E-state index contributed by atoms with van der Waals surface area (Å²) in [7, 11) is 2.09. The Labute approximate surface area is 76.6 Å². The van der Waals surface area contributed by atoms with Crippen molar-refractivity contribution in [3.8, 4) is 0 Å². The van der Waals surface area contributed by atoms with E-state index in [1.165, 1.54) is 0 Å². The van der Waals surface area contributed by atoms with Crippen molar-refractivity contribution in [2.45, 2.75) is 45.6 Å². The molecule has 0 heterocycles. The topological polar surface area (TPSA) is 23.5 Å². The molecule has 0 aromatic carbocycles. The third-order valence-corrected chi connectivity index (χ3v) is 2.61. The SMILES string of the molecule is CCCN(C)C(C)(CO)CCC. The van der Waals surface area contributed by atoms with Crippen LogP contribution in [0.5, 0.6) is 0 Å². The summed E-state index contributed by atoms with van der Waals surface area (Å²) < 4.78 is 0. The summed E-state index contributed by atoms with van der Waals surface area (Å²) in [5, 5.41) is 9.27. The zero-order valence-corrected chi connectivity index (χ0v) is 8.93. The molecule has 1 N–H and O–H groups in total. The molecule has 0 fully saturated rings. The van der Waals surface area contributed by atoms with Crippen LogP contribution in [0.4, 0.5) is 0 Å². The van der Waals surface area contributed by atoms with Crippen molar-refractivity contribution >= 4 is 0 Å². The summed E-state index contributed by atoms with van der Waals surface area (Å²) in [6.07, 6.45) is 3.35. The Hall–Kier alpha value is -0.0800. The van der Waals surface area contributed by atoms with E-state index < -0.39 is 0 Å². The number of nitrogens with zero attached hydrogens (tertiary/aromatic N) is 1. The first kappa shape index (κ1) is 11.9. The van der Waals surface area contributed by atoms with Crippen molar-refractivity contribution in [1.29, 1.82) is 0 Å². The number of likely N-dealkylation sites (N-methyl/N-ethyl adjacent to an activating group) is 1. The van der Waals surface area contributed by atoms with Gasteiger partial charge in [0.25, 0.3) is 0 Å². The van der Waals surface area contributed by atoms with E-state index >= 15 is 0 Å². The maximum atomic E-state index is 9.27.